The largest absolute Gasteiger partial charge is 0.306 e. The number of piperidine rings is 2. The smallest absolute Gasteiger partial charge is 0.00122 e. The van der Waals surface area contributed by atoms with E-state index in [1.54, 1.807) is 6.42 Å². The van der Waals surface area contributed by atoms with Crippen LogP contribution in [0.15, 0.2) is 0 Å². The van der Waals surface area contributed by atoms with Crippen molar-refractivity contribution in [3.05, 3.63) is 0 Å². The minimum Gasteiger partial charge on any atom is -0.306 e. The van der Waals surface area contributed by atoms with Crippen molar-refractivity contribution in [2.45, 2.75) is 44.9 Å². The predicted molar refractivity (Wildman–Crippen MR) is 88.3 cm³/mol. The van der Waals surface area contributed by atoms with Crippen LogP contribution >= 0.6 is 0 Å². The quantitative estimate of drug-likeness (QED) is 0.731. The molecule has 0 aromatic heterocycles. The molecular weight excluding hydrogens is 256 g/mol. The monoisotopic (exact) mass is 290 g/mol. The van der Waals surface area contributed by atoms with Crippen LogP contribution in [0.25, 0.3) is 0 Å². The van der Waals surface area contributed by atoms with E-state index < -0.39 is 0 Å². The van der Waals surface area contributed by atoms with Crippen LogP contribution in [0.4, 0.5) is 0 Å². The Bertz CT molecular complexity index is 369. The molecule has 2 aliphatic carbocycles. The van der Waals surface area contributed by atoms with Gasteiger partial charge in [-0.3, -0.25) is 0 Å². The van der Waals surface area contributed by atoms with Crippen LogP contribution in [-0.2, 0) is 0 Å². The van der Waals surface area contributed by atoms with E-state index in [2.05, 4.69) is 23.9 Å². The van der Waals surface area contributed by atoms with Crippen molar-refractivity contribution in [2.75, 3.05) is 40.3 Å². The molecule has 2 nitrogen and oxygen atoms in total. The molecule has 2 heterocycles. The van der Waals surface area contributed by atoms with Crippen molar-refractivity contribution in [3.63, 3.8) is 0 Å². The number of nitrogens with zero attached hydrogens (tertiary/aromatic N) is 2. The molecule has 4 aliphatic rings. The van der Waals surface area contributed by atoms with Gasteiger partial charge in [0.25, 0.3) is 0 Å². The Morgan fingerprint density at radius 2 is 1.29 bits per heavy atom. The Morgan fingerprint density at radius 1 is 0.571 bits per heavy atom. The summed E-state index contributed by atoms with van der Waals surface area (Å²) in [5.74, 6) is 6.27. The zero-order valence-electron chi connectivity index (χ0n) is 14.1. The molecule has 0 spiro atoms. The van der Waals surface area contributed by atoms with Gasteiger partial charge in [0.15, 0.2) is 0 Å². The van der Waals surface area contributed by atoms with Gasteiger partial charge in [0.1, 0.15) is 0 Å². The number of hydrogen-bond donors (Lipinski definition) is 0. The zero-order chi connectivity index (χ0) is 14.4. The first-order chi connectivity index (χ1) is 10.2. The number of hydrogen-bond acceptors (Lipinski definition) is 2. The minimum absolute atomic E-state index is 1.02. The average molecular weight is 290 g/mol. The van der Waals surface area contributed by atoms with Gasteiger partial charge in [-0.25, -0.2) is 0 Å². The van der Waals surface area contributed by atoms with Crippen LogP contribution in [0.3, 0.4) is 0 Å². The van der Waals surface area contributed by atoms with Gasteiger partial charge >= 0.3 is 0 Å². The maximum atomic E-state index is 2.67. The Balaban J connectivity index is 1.55. The van der Waals surface area contributed by atoms with Crippen molar-refractivity contribution in [1.82, 2.24) is 9.80 Å². The molecule has 2 saturated carbocycles. The summed E-state index contributed by atoms with van der Waals surface area (Å²) in [7, 11) is 4.74. The van der Waals surface area contributed by atoms with E-state index in [-0.39, 0.29) is 0 Å². The van der Waals surface area contributed by atoms with Crippen molar-refractivity contribution >= 4 is 0 Å². The first kappa shape index (κ1) is 14.5. The van der Waals surface area contributed by atoms with E-state index >= 15 is 0 Å². The Kier molecular flexibility index (Phi) is 4.04. The highest BCUT2D eigenvalue weighted by atomic mass is 15.1. The van der Waals surface area contributed by atoms with Crippen LogP contribution in [0.1, 0.15) is 44.9 Å². The molecular formula is C19H34N2. The second-order valence-corrected chi connectivity index (χ2v) is 8.81. The second-order valence-electron chi connectivity index (χ2n) is 8.81. The van der Waals surface area contributed by atoms with Crippen molar-refractivity contribution in [1.29, 1.82) is 0 Å². The van der Waals surface area contributed by atoms with E-state index in [0.29, 0.717) is 0 Å². The topological polar surface area (TPSA) is 6.48 Å². The third kappa shape index (κ3) is 2.67. The lowest BCUT2D eigenvalue weighted by Gasteiger charge is -2.51. The van der Waals surface area contributed by atoms with Crippen LogP contribution in [-0.4, -0.2) is 50.1 Å². The van der Waals surface area contributed by atoms with E-state index in [0.717, 1.165) is 35.5 Å². The fourth-order valence-corrected chi connectivity index (χ4v) is 6.68. The molecule has 0 aromatic rings. The fourth-order valence-electron chi connectivity index (χ4n) is 6.68. The van der Waals surface area contributed by atoms with Gasteiger partial charge in [0.2, 0.25) is 0 Å². The summed E-state index contributed by atoms with van der Waals surface area (Å²) in [6.07, 6.45) is 10.7. The Labute approximate surface area is 131 Å². The minimum atomic E-state index is 1.02. The van der Waals surface area contributed by atoms with E-state index in [1.807, 2.05) is 0 Å². The molecule has 120 valence electrons. The summed E-state index contributed by atoms with van der Waals surface area (Å²) in [5, 5.41) is 0. The van der Waals surface area contributed by atoms with Crippen molar-refractivity contribution in [3.8, 4) is 0 Å². The molecule has 6 atom stereocenters. The lowest BCUT2D eigenvalue weighted by Crippen LogP contribution is -2.51. The highest BCUT2D eigenvalue weighted by Crippen LogP contribution is 2.50. The Hall–Kier alpha value is -0.0800. The third-order valence-corrected chi connectivity index (χ3v) is 7.56. The number of fused-ring (bicyclic) bond motifs is 2. The fraction of sp³-hybridized carbons (Fsp3) is 1.00. The van der Waals surface area contributed by atoms with Gasteiger partial charge in [-0.15, -0.1) is 0 Å². The van der Waals surface area contributed by atoms with Crippen LogP contribution in [0, 0.1) is 35.5 Å². The molecule has 0 amide bonds. The summed E-state index contributed by atoms with van der Waals surface area (Å²) in [6, 6.07) is 0. The van der Waals surface area contributed by atoms with Crippen LogP contribution < -0.4 is 0 Å². The molecule has 2 aliphatic heterocycles. The highest BCUT2D eigenvalue weighted by molar-refractivity contribution is 4.98. The van der Waals surface area contributed by atoms with E-state index in [4.69, 9.17) is 0 Å². The molecule has 2 saturated heterocycles. The maximum Gasteiger partial charge on any atom is 0.00122 e. The summed E-state index contributed by atoms with van der Waals surface area (Å²) in [4.78, 5) is 5.30. The van der Waals surface area contributed by atoms with Gasteiger partial charge in [-0.2, -0.15) is 0 Å². The summed E-state index contributed by atoms with van der Waals surface area (Å²) in [5.41, 5.74) is 0. The Morgan fingerprint density at radius 3 is 2.14 bits per heavy atom. The molecule has 0 aromatic carbocycles. The normalized spacial score (nSPS) is 48.9. The first-order valence-electron chi connectivity index (χ1n) is 9.59. The first-order valence-corrected chi connectivity index (χ1v) is 9.59. The average Bonchev–Trinajstić information content (AvgIpc) is 2.94. The van der Waals surface area contributed by atoms with Gasteiger partial charge in [-0.05, 0) is 81.8 Å². The van der Waals surface area contributed by atoms with Gasteiger partial charge in [0.05, 0.1) is 0 Å². The van der Waals surface area contributed by atoms with Crippen LogP contribution in [0.2, 0.25) is 0 Å². The van der Waals surface area contributed by atoms with E-state index in [1.165, 1.54) is 64.7 Å². The molecule has 0 bridgehead atoms. The lowest BCUT2D eigenvalue weighted by molar-refractivity contribution is -0.0240. The third-order valence-electron chi connectivity index (χ3n) is 7.56. The SMILES string of the molecule is CN1CCC2CCCC(C3CN(C)CC4CCCC43)C2C1. The molecule has 6 unspecified atom stereocenters. The standard InChI is InChI=1S/C19H34N2/c1-20-10-9-14-5-3-8-17(18(14)12-20)19-13-21(2)11-15-6-4-7-16(15)19/h14-19H,3-13H2,1-2H3. The molecule has 21 heavy (non-hydrogen) atoms. The second kappa shape index (κ2) is 5.85. The van der Waals surface area contributed by atoms with Crippen LogP contribution in [0.5, 0.6) is 0 Å². The molecule has 0 radical (unpaired) electrons. The number of rotatable bonds is 1. The molecule has 2 heteroatoms. The van der Waals surface area contributed by atoms with Gasteiger partial charge in [0, 0.05) is 19.6 Å². The van der Waals surface area contributed by atoms with Gasteiger partial charge in [-0.1, -0.05) is 19.3 Å². The lowest BCUT2D eigenvalue weighted by atomic mass is 9.60. The number of likely N-dealkylation sites (tertiary alicyclic amines) is 2. The predicted octanol–water partition coefficient (Wildman–Crippen LogP) is 3.33. The van der Waals surface area contributed by atoms with Crippen molar-refractivity contribution in [2.24, 2.45) is 35.5 Å². The highest BCUT2D eigenvalue weighted by Gasteiger charge is 2.47. The zero-order valence-corrected chi connectivity index (χ0v) is 14.1. The molecule has 4 fully saturated rings. The summed E-state index contributed by atoms with van der Waals surface area (Å²) < 4.78 is 0. The van der Waals surface area contributed by atoms with Gasteiger partial charge < -0.3 is 9.80 Å². The molecule has 4 rings (SSSR count). The van der Waals surface area contributed by atoms with E-state index in [9.17, 15) is 0 Å². The summed E-state index contributed by atoms with van der Waals surface area (Å²) >= 11 is 0. The molecule has 0 N–H and O–H groups in total. The summed E-state index contributed by atoms with van der Waals surface area (Å²) in [6.45, 7) is 5.54. The maximum absolute atomic E-state index is 2.67. The van der Waals surface area contributed by atoms with Crippen molar-refractivity contribution < 1.29 is 0 Å².